The zero-order valence-corrected chi connectivity index (χ0v) is 14.5. The molecule has 0 spiro atoms. The maximum absolute atomic E-state index is 12.8. The van der Waals surface area contributed by atoms with E-state index in [2.05, 4.69) is 21.2 Å². The zero-order chi connectivity index (χ0) is 16.9. The maximum atomic E-state index is 12.8. The molecule has 0 bridgehead atoms. The summed E-state index contributed by atoms with van der Waals surface area (Å²) in [7, 11) is 0. The molecule has 126 valence electrons. The van der Waals surface area contributed by atoms with Crippen LogP contribution in [0.3, 0.4) is 0 Å². The van der Waals surface area contributed by atoms with Crippen molar-refractivity contribution < 1.29 is 18.4 Å². The van der Waals surface area contributed by atoms with Gasteiger partial charge in [-0.15, -0.1) is 0 Å². The average molecular weight is 393 g/mol. The maximum Gasteiger partial charge on any atom is 0.291 e. The molecular formula is C17H17BrN2O4. The molecule has 0 saturated carbocycles. The minimum Gasteiger partial charge on any atom is -0.465 e. The van der Waals surface area contributed by atoms with E-state index in [4.69, 9.17) is 8.83 Å². The second-order valence-corrected chi connectivity index (χ2v) is 6.27. The van der Waals surface area contributed by atoms with E-state index in [0.29, 0.717) is 23.5 Å². The van der Waals surface area contributed by atoms with Crippen molar-refractivity contribution in [3.63, 3.8) is 0 Å². The van der Waals surface area contributed by atoms with Gasteiger partial charge in [0.1, 0.15) is 11.5 Å². The largest absolute Gasteiger partial charge is 0.465 e. The molecule has 2 aromatic heterocycles. The minimum absolute atomic E-state index is 0.124. The lowest BCUT2D eigenvalue weighted by Crippen LogP contribution is -2.41. The van der Waals surface area contributed by atoms with Crippen LogP contribution in [-0.4, -0.2) is 29.8 Å². The number of hydrogen-bond donors (Lipinski definition) is 1. The van der Waals surface area contributed by atoms with Gasteiger partial charge in [0.15, 0.2) is 10.4 Å². The van der Waals surface area contributed by atoms with Crippen LogP contribution >= 0.6 is 15.9 Å². The number of furan rings is 2. The van der Waals surface area contributed by atoms with Crippen molar-refractivity contribution in [2.45, 2.75) is 19.3 Å². The lowest BCUT2D eigenvalue weighted by Gasteiger charge is -2.27. The van der Waals surface area contributed by atoms with Gasteiger partial charge >= 0.3 is 0 Å². The lowest BCUT2D eigenvalue weighted by molar-refractivity contribution is -0.128. The van der Waals surface area contributed by atoms with Crippen LogP contribution in [0.25, 0.3) is 6.08 Å². The van der Waals surface area contributed by atoms with Gasteiger partial charge < -0.3 is 19.1 Å². The van der Waals surface area contributed by atoms with Crippen LogP contribution < -0.4 is 5.32 Å². The summed E-state index contributed by atoms with van der Waals surface area (Å²) in [6.45, 7) is 1.38. The summed E-state index contributed by atoms with van der Waals surface area (Å²) in [5.41, 5.74) is 0.171. The van der Waals surface area contributed by atoms with Crippen molar-refractivity contribution in [3.05, 3.63) is 52.4 Å². The van der Waals surface area contributed by atoms with Gasteiger partial charge in [0.05, 0.1) is 6.26 Å². The molecule has 24 heavy (non-hydrogen) atoms. The van der Waals surface area contributed by atoms with Gasteiger partial charge in [-0.2, -0.15) is 0 Å². The Morgan fingerprint density at radius 2 is 1.96 bits per heavy atom. The second kappa shape index (κ2) is 7.53. The van der Waals surface area contributed by atoms with Crippen LogP contribution in [0, 0.1) is 0 Å². The Balaban J connectivity index is 1.82. The molecule has 2 amide bonds. The Morgan fingerprint density at radius 1 is 1.17 bits per heavy atom. The molecule has 1 aliphatic heterocycles. The molecule has 1 N–H and O–H groups in total. The summed E-state index contributed by atoms with van der Waals surface area (Å²) in [6.07, 6.45) is 6.11. The van der Waals surface area contributed by atoms with Gasteiger partial charge in [0.25, 0.3) is 11.8 Å². The third-order valence-electron chi connectivity index (χ3n) is 3.75. The second-order valence-electron chi connectivity index (χ2n) is 5.48. The van der Waals surface area contributed by atoms with Crippen LogP contribution in [0.4, 0.5) is 0 Å². The van der Waals surface area contributed by atoms with Crippen LogP contribution in [0.15, 0.2) is 49.7 Å². The van der Waals surface area contributed by atoms with Gasteiger partial charge in [-0.1, -0.05) is 0 Å². The topological polar surface area (TPSA) is 75.7 Å². The molecule has 6 nitrogen and oxygen atoms in total. The Bertz CT molecular complexity index is 742. The summed E-state index contributed by atoms with van der Waals surface area (Å²) >= 11 is 3.16. The Labute approximate surface area is 147 Å². The van der Waals surface area contributed by atoms with E-state index in [1.54, 1.807) is 23.1 Å². The van der Waals surface area contributed by atoms with Gasteiger partial charge in [0, 0.05) is 19.2 Å². The number of halogens is 1. The number of rotatable bonds is 4. The van der Waals surface area contributed by atoms with Crippen LogP contribution in [0.1, 0.15) is 35.6 Å². The van der Waals surface area contributed by atoms with Crippen molar-refractivity contribution in [1.82, 2.24) is 10.2 Å². The fourth-order valence-electron chi connectivity index (χ4n) is 2.55. The first-order valence-corrected chi connectivity index (χ1v) is 8.54. The monoisotopic (exact) mass is 392 g/mol. The molecule has 0 aromatic carbocycles. The van der Waals surface area contributed by atoms with E-state index in [1.807, 2.05) is 0 Å². The predicted octanol–water partition coefficient (Wildman–Crippen LogP) is 3.42. The normalized spacial score (nSPS) is 15.4. The number of carbonyl (C=O) groups is 2. The fourth-order valence-corrected chi connectivity index (χ4v) is 2.86. The molecule has 7 heteroatoms. The van der Waals surface area contributed by atoms with Crippen molar-refractivity contribution in [2.75, 3.05) is 13.1 Å². The summed E-state index contributed by atoms with van der Waals surface area (Å²) in [5.74, 6) is -0.0797. The standard InChI is InChI=1S/C17H17BrN2O4/c18-15-7-6-14(24-15)16(21)19-13(11-12-5-4-10-23-12)17(22)20-8-2-1-3-9-20/h4-7,10-11H,1-3,8-9H2,(H,19,21)/b13-11-. The fraction of sp³-hybridized carbons (Fsp3) is 0.294. The third-order valence-corrected chi connectivity index (χ3v) is 4.17. The molecule has 1 saturated heterocycles. The first-order chi connectivity index (χ1) is 11.6. The molecule has 2 aromatic rings. The molecule has 1 aliphatic rings. The van der Waals surface area contributed by atoms with Gasteiger partial charge in [-0.25, -0.2) is 0 Å². The highest BCUT2D eigenvalue weighted by atomic mass is 79.9. The first-order valence-electron chi connectivity index (χ1n) is 7.74. The number of amides is 2. The predicted molar refractivity (Wildman–Crippen MR) is 91.0 cm³/mol. The Morgan fingerprint density at radius 3 is 2.58 bits per heavy atom. The highest BCUT2D eigenvalue weighted by molar-refractivity contribution is 9.10. The van der Waals surface area contributed by atoms with E-state index in [0.717, 1.165) is 19.3 Å². The molecule has 3 rings (SSSR count). The SMILES string of the molecule is O=C(N/C(=C\c1ccco1)C(=O)N1CCCCC1)c1ccc(Br)o1. The molecule has 0 atom stereocenters. The summed E-state index contributed by atoms with van der Waals surface area (Å²) in [5, 5.41) is 2.64. The summed E-state index contributed by atoms with van der Waals surface area (Å²) in [6, 6.07) is 6.60. The molecule has 0 unspecified atom stereocenters. The van der Waals surface area contributed by atoms with Crippen LogP contribution in [0.2, 0.25) is 0 Å². The molecular weight excluding hydrogens is 376 g/mol. The molecule has 3 heterocycles. The number of likely N-dealkylation sites (tertiary alicyclic amines) is 1. The molecule has 0 aliphatic carbocycles. The van der Waals surface area contributed by atoms with Crippen molar-refractivity contribution in [3.8, 4) is 0 Å². The van der Waals surface area contributed by atoms with E-state index in [1.165, 1.54) is 18.4 Å². The summed E-state index contributed by atoms with van der Waals surface area (Å²) in [4.78, 5) is 26.8. The lowest BCUT2D eigenvalue weighted by atomic mass is 10.1. The van der Waals surface area contributed by atoms with Crippen LogP contribution in [0.5, 0.6) is 0 Å². The van der Waals surface area contributed by atoms with Crippen molar-refractivity contribution in [1.29, 1.82) is 0 Å². The number of nitrogens with zero attached hydrogens (tertiary/aromatic N) is 1. The molecule has 0 radical (unpaired) electrons. The number of carbonyl (C=O) groups excluding carboxylic acids is 2. The number of nitrogens with one attached hydrogen (secondary N) is 1. The van der Waals surface area contributed by atoms with E-state index < -0.39 is 5.91 Å². The van der Waals surface area contributed by atoms with Crippen molar-refractivity contribution in [2.24, 2.45) is 0 Å². The Hall–Kier alpha value is -2.28. The van der Waals surface area contributed by atoms with Gasteiger partial charge in [0.2, 0.25) is 0 Å². The Kier molecular flexibility index (Phi) is 5.20. The number of hydrogen-bond acceptors (Lipinski definition) is 4. The summed E-state index contributed by atoms with van der Waals surface area (Å²) < 4.78 is 10.9. The van der Waals surface area contributed by atoms with E-state index in [-0.39, 0.29) is 17.4 Å². The van der Waals surface area contributed by atoms with Gasteiger partial charge in [-0.05, 0) is 59.5 Å². The quantitative estimate of drug-likeness (QED) is 0.808. The van der Waals surface area contributed by atoms with Crippen molar-refractivity contribution >= 4 is 33.8 Å². The average Bonchev–Trinajstić information content (AvgIpc) is 3.26. The highest BCUT2D eigenvalue weighted by Crippen LogP contribution is 2.17. The first kappa shape index (κ1) is 16.6. The zero-order valence-electron chi connectivity index (χ0n) is 13.0. The van der Waals surface area contributed by atoms with Gasteiger partial charge in [-0.3, -0.25) is 9.59 Å². The number of piperidine rings is 1. The van der Waals surface area contributed by atoms with E-state index in [9.17, 15) is 9.59 Å². The smallest absolute Gasteiger partial charge is 0.291 e. The minimum atomic E-state index is -0.483. The highest BCUT2D eigenvalue weighted by Gasteiger charge is 2.23. The van der Waals surface area contributed by atoms with Crippen LogP contribution in [-0.2, 0) is 4.79 Å². The molecule has 1 fully saturated rings. The van der Waals surface area contributed by atoms with E-state index >= 15 is 0 Å². The third kappa shape index (κ3) is 3.97.